The number of hydrogen-bond acceptors (Lipinski definition) is 7. The Hall–Kier alpha value is -2.64. The van der Waals surface area contributed by atoms with Crippen molar-refractivity contribution in [3.63, 3.8) is 0 Å². The van der Waals surface area contributed by atoms with E-state index in [-0.39, 0.29) is 29.2 Å². The number of nitrogens with zero attached hydrogens (tertiary/aromatic N) is 2. The van der Waals surface area contributed by atoms with Gasteiger partial charge in [-0.3, -0.25) is 9.59 Å². The molecule has 148 valence electrons. The SMILES string of the molecule is CCOC(=O)C1CCN(C(=O)C(C)OC(=O)c2cccnc2OCC)CC1. The van der Waals surface area contributed by atoms with Crippen molar-refractivity contribution in [2.24, 2.45) is 5.92 Å². The fourth-order valence-electron chi connectivity index (χ4n) is 2.93. The van der Waals surface area contributed by atoms with Crippen molar-refractivity contribution in [2.45, 2.75) is 39.7 Å². The summed E-state index contributed by atoms with van der Waals surface area (Å²) in [5.41, 5.74) is 0.181. The van der Waals surface area contributed by atoms with E-state index in [0.29, 0.717) is 39.1 Å². The molecular weight excluding hydrogens is 352 g/mol. The number of aromatic nitrogens is 1. The number of hydrogen-bond donors (Lipinski definition) is 0. The molecule has 0 radical (unpaired) electrons. The van der Waals surface area contributed by atoms with Gasteiger partial charge in [-0.1, -0.05) is 0 Å². The van der Waals surface area contributed by atoms with Crippen molar-refractivity contribution in [2.75, 3.05) is 26.3 Å². The Bertz CT molecular complexity index is 670. The van der Waals surface area contributed by atoms with Crippen LogP contribution in [0.15, 0.2) is 18.3 Å². The Morgan fingerprint density at radius 1 is 1.22 bits per heavy atom. The molecule has 1 unspecified atom stereocenters. The van der Waals surface area contributed by atoms with Gasteiger partial charge < -0.3 is 19.1 Å². The zero-order valence-corrected chi connectivity index (χ0v) is 16.0. The molecule has 1 aromatic rings. The van der Waals surface area contributed by atoms with Crippen molar-refractivity contribution in [3.05, 3.63) is 23.9 Å². The number of piperidine rings is 1. The third-order valence-electron chi connectivity index (χ3n) is 4.33. The molecule has 1 fully saturated rings. The van der Waals surface area contributed by atoms with Gasteiger partial charge in [0.25, 0.3) is 5.91 Å². The van der Waals surface area contributed by atoms with Crippen LogP contribution in [0.25, 0.3) is 0 Å². The maximum atomic E-state index is 12.6. The average Bonchev–Trinajstić information content (AvgIpc) is 2.68. The van der Waals surface area contributed by atoms with E-state index in [4.69, 9.17) is 14.2 Å². The van der Waals surface area contributed by atoms with Crippen LogP contribution >= 0.6 is 0 Å². The Morgan fingerprint density at radius 3 is 2.56 bits per heavy atom. The van der Waals surface area contributed by atoms with Crippen molar-refractivity contribution < 1.29 is 28.6 Å². The van der Waals surface area contributed by atoms with Gasteiger partial charge in [0.2, 0.25) is 5.88 Å². The lowest BCUT2D eigenvalue weighted by molar-refractivity contribution is -0.152. The van der Waals surface area contributed by atoms with Gasteiger partial charge in [-0.05, 0) is 45.7 Å². The van der Waals surface area contributed by atoms with Gasteiger partial charge in [0.05, 0.1) is 19.1 Å². The number of likely N-dealkylation sites (tertiary alicyclic amines) is 1. The number of pyridine rings is 1. The highest BCUT2D eigenvalue weighted by atomic mass is 16.6. The summed E-state index contributed by atoms with van der Waals surface area (Å²) in [5, 5.41) is 0. The van der Waals surface area contributed by atoms with Gasteiger partial charge in [-0.15, -0.1) is 0 Å². The van der Waals surface area contributed by atoms with Gasteiger partial charge in [-0.2, -0.15) is 0 Å². The molecular formula is C19H26N2O6. The third kappa shape index (κ3) is 5.42. The van der Waals surface area contributed by atoms with Gasteiger partial charge in [0, 0.05) is 19.3 Å². The first-order valence-electron chi connectivity index (χ1n) is 9.22. The van der Waals surface area contributed by atoms with Crippen LogP contribution in [0.1, 0.15) is 44.0 Å². The van der Waals surface area contributed by atoms with E-state index in [9.17, 15) is 14.4 Å². The summed E-state index contributed by atoms with van der Waals surface area (Å²) in [6, 6.07) is 3.15. The predicted molar refractivity (Wildman–Crippen MR) is 96.2 cm³/mol. The van der Waals surface area contributed by atoms with Gasteiger partial charge in [0.15, 0.2) is 6.10 Å². The first kappa shape index (κ1) is 20.7. The molecule has 1 saturated heterocycles. The lowest BCUT2D eigenvalue weighted by Crippen LogP contribution is -2.45. The molecule has 8 heteroatoms. The Kier molecular flexibility index (Phi) is 7.57. The number of esters is 2. The minimum absolute atomic E-state index is 0.180. The van der Waals surface area contributed by atoms with Crippen molar-refractivity contribution in [1.29, 1.82) is 0 Å². The van der Waals surface area contributed by atoms with Gasteiger partial charge >= 0.3 is 11.9 Å². The molecule has 1 amide bonds. The molecule has 0 aliphatic carbocycles. The zero-order valence-electron chi connectivity index (χ0n) is 16.0. The number of carbonyl (C=O) groups is 3. The molecule has 0 saturated carbocycles. The summed E-state index contributed by atoms with van der Waals surface area (Å²) in [7, 11) is 0. The van der Waals surface area contributed by atoms with Crippen LogP contribution in [-0.4, -0.2) is 60.1 Å². The van der Waals surface area contributed by atoms with E-state index in [0.717, 1.165) is 0 Å². The first-order valence-corrected chi connectivity index (χ1v) is 9.22. The Morgan fingerprint density at radius 2 is 1.93 bits per heavy atom. The van der Waals surface area contributed by atoms with Crippen molar-refractivity contribution in [1.82, 2.24) is 9.88 Å². The monoisotopic (exact) mass is 378 g/mol. The lowest BCUT2D eigenvalue weighted by Gasteiger charge is -2.32. The smallest absolute Gasteiger partial charge is 0.344 e. The number of rotatable bonds is 7. The molecule has 27 heavy (non-hydrogen) atoms. The van der Waals surface area contributed by atoms with Crippen LogP contribution in [0, 0.1) is 5.92 Å². The first-order chi connectivity index (χ1) is 13.0. The summed E-state index contributed by atoms with van der Waals surface area (Å²) in [6.45, 7) is 6.67. The molecule has 1 aromatic heterocycles. The van der Waals surface area contributed by atoms with E-state index in [1.165, 1.54) is 13.1 Å². The molecule has 0 aromatic carbocycles. The third-order valence-corrected chi connectivity index (χ3v) is 4.33. The molecule has 1 aliphatic heterocycles. The normalized spacial score (nSPS) is 15.7. The molecule has 8 nitrogen and oxygen atoms in total. The summed E-state index contributed by atoms with van der Waals surface area (Å²) >= 11 is 0. The van der Waals surface area contributed by atoms with E-state index >= 15 is 0 Å². The maximum absolute atomic E-state index is 12.6. The average molecular weight is 378 g/mol. The highest BCUT2D eigenvalue weighted by Gasteiger charge is 2.31. The van der Waals surface area contributed by atoms with E-state index in [2.05, 4.69) is 4.98 Å². The standard InChI is InChI=1S/C19H26N2O6/c1-4-25-16-15(7-6-10-20-16)19(24)27-13(3)17(22)21-11-8-14(9-12-21)18(23)26-5-2/h6-7,10,13-14H,4-5,8-9,11-12H2,1-3H3. The number of carbonyl (C=O) groups excluding carboxylic acids is 3. The summed E-state index contributed by atoms with van der Waals surface area (Å²) in [6.07, 6.45) is 1.67. The zero-order chi connectivity index (χ0) is 19.8. The topological polar surface area (TPSA) is 95.0 Å². The molecule has 2 heterocycles. The minimum Gasteiger partial charge on any atom is -0.477 e. The van der Waals surface area contributed by atoms with Gasteiger partial charge in [0.1, 0.15) is 5.56 Å². The predicted octanol–water partition coefficient (Wildman–Crippen LogP) is 1.83. The van der Waals surface area contributed by atoms with Gasteiger partial charge in [-0.25, -0.2) is 9.78 Å². The van der Waals surface area contributed by atoms with Crippen LogP contribution in [0.2, 0.25) is 0 Å². The van der Waals surface area contributed by atoms with Crippen LogP contribution in [-0.2, 0) is 19.1 Å². The lowest BCUT2D eigenvalue weighted by atomic mass is 9.97. The number of ether oxygens (including phenoxy) is 3. The molecule has 1 aliphatic rings. The fourth-order valence-corrected chi connectivity index (χ4v) is 2.93. The quantitative estimate of drug-likeness (QED) is 0.668. The highest BCUT2D eigenvalue weighted by Crippen LogP contribution is 2.21. The second-order valence-corrected chi connectivity index (χ2v) is 6.19. The fraction of sp³-hybridized carbons (Fsp3) is 0.579. The van der Waals surface area contributed by atoms with Crippen LogP contribution in [0.5, 0.6) is 5.88 Å². The summed E-state index contributed by atoms with van der Waals surface area (Å²) in [4.78, 5) is 42.3. The molecule has 1 atom stereocenters. The summed E-state index contributed by atoms with van der Waals surface area (Å²) in [5.74, 6) is -1.17. The second-order valence-electron chi connectivity index (χ2n) is 6.19. The van der Waals surface area contributed by atoms with Crippen molar-refractivity contribution in [3.8, 4) is 5.88 Å². The highest BCUT2D eigenvalue weighted by molar-refractivity contribution is 5.94. The van der Waals surface area contributed by atoms with Crippen molar-refractivity contribution >= 4 is 17.8 Å². The summed E-state index contributed by atoms with van der Waals surface area (Å²) < 4.78 is 15.7. The molecule has 2 rings (SSSR count). The van der Waals surface area contributed by atoms with Crippen LogP contribution < -0.4 is 4.74 Å². The van der Waals surface area contributed by atoms with E-state index in [1.54, 1.807) is 30.9 Å². The molecule has 0 bridgehead atoms. The minimum atomic E-state index is -0.939. The largest absolute Gasteiger partial charge is 0.477 e. The van der Waals surface area contributed by atoms with E-state index in [1.807, 2.05) is 0 Å². The van der Waals surface area contributed by atoms with E-state index < -0.39 is 12.1 Å². The van der Waals surface area contributed by atoms with Crippen LogP contribution in [0.3, 0.4) is 0 Å². The molecule has 0 N–H and O–H groups in total. The Balaban J connectivity index is 1.91. The van der Waals surface area contributed by atoms with Crippen LogP contribution in [0.4, 0.5) is 0 Å². The number of amides is 1. The molecule has 0 spiro atoms. The maximum Gasteiger partial charge on any atom is 0.344 e. The second kappa shape index (κ2) is 9.89. The Labute approximate surface area is 158 Å².